The lowest BCUT2D eigenvalue weighted by molar-refractivity contribution is 0.560. The first-order valence-corrected chi connectivity index (χ1v) is 8.55. The second-order valence-corrected chi connectivity index (χ2v) is 7.09. The molecule has 6 heteroatoms. The Bertz CT molecular complexity index is 727. The SMILES string of the molecule is CCNc1ccc2cc(S(=O)(=O)NCC(C)C)ccc2n1. The highest BCUT2D eigenvalue weighted by atomic mass is 32.2. The molecule has 0 spiro atoms. The van der Waals surface area contributed by atoms with Crippen molar-refractivity contribution < 1.29 is 8.42 Å². The zero-order valence-electron chi connectivity index (χ0n) is 12.6. The van der Waals surface area contributed by atoms with Crippen LogP contribution in [0.5, 0.6) is 0 Å². The Labute approximate surface area is 125 Å². The van der Waals surface area contributed by atoms with Crippen molar-refractivity contribution in [2.75, 3.05) is 18.4 Å². The number of anilines is 1. The maximum atomic E-state index is 12.2. The van der Waals surface area contributed by atoms with E-state index in [0.29, 0.717) is 6.54 Å². The minimum atomic E-state index is -3.46. The van der Waals surface area contributed by atoms with Crippen LogP contribution in [0.25, 0.3) is 10.9 Å². The topological polar surface area (TPSA) is 71.1 Å². The predicted molar refractivity (Wildman–Crippen MR) is 85.9 cm³/mol. The van der Waals surface area contributed by atoms with Gasteiger partial charge in [-0.15, -0.1) is 0 Å². The smallest absolute Gasteiger partial charge is 0.240 e. The van der Waals surface area contributed by atoms with Gasteiger partial charge in [-0.05, 0) is 43.2 Å². The van der Waals surface area contributed by atoms with Crippen molar-refractivity contribution in [1.29, 1.82) is 0 Å². The molecule has 0 atom stereocenters. The molecular weight excluding hydrogens is 286 g/mol. The second kappa shape index (κ2) is 6.41. The number of rotatable bonds is 6. The molecule has 0 radical (unpaired) electrons. The van der Waals surface area contributed by atoms with Gasteiger partial charge in [0, 0.05) is 18.5 Å². The van der Waals surface area contributed by atoms with Gasteiger partial charge in [-0.2, -0.15) is 0 Å². The fourth-order valence-electron chi connectivity index (χ4n) is 1.91. The van der Waals surface area contributed by atoms with Crippen molar-refractivity contribution in [3.8, 4) is 0 Å². The van der Waals surface area contributed by atoms with Crippen LogP contribution in [0.4, 0.5) is 5.82 Å². The first-order valence-electron chi connectivity index (χ1n) is 7.06. The van der Waals surface area contributed by atoms with Crippen LogP contribution in [0.2, 0.25) is 0 Å². The van der Waals surface area contributed by atoms with Crippen molar-refractivity contribution in [2.45, 2.75) is 25.7 Å². The van der Waals surface area contributed by atoms with Crippen LogP contribution >= 0.6 is 0 Å². The minimum Gasteiger partial charge on any atom is -0.370 e. The van der Waals surface area contributed by atoms with Crippen molar-refractivity contribution in [3.05, 3.63) is 30.3 Å². The van der Waals surface area contributed by atoms with Crippen molar-refractivity contribution >= 4 is 26.7 Å². The summed E-state index contributed by atoms with van der Waals surface area (Å²) in [4.78, 5) is 4.71. The van der Waals surface area contributed by atoms with Gasteiger partial charge in [-0.25, -0.2) is 18.1 Å². The third kappa shape index (κ3) is 3.92. The summed E-state index contributed by atoms with van der Waals surface area (Å²) in [6.45, 7) is 7.16. The Hall–Kier alpha value is -1.66. The number of aromatic nitrogens is 1. The molecule has 21 heavy (non-hydrogen) atoms. The summed E-state index contributed by atoms with van der Waals surface area (Å²) in [5, 5.41) is 3.94. The molecule has 0 fully saturated rings. The second-order valence-electron chi connectivity index (χ2n) is 5.33. The lowest BCUT2D eigenvalue weighted by Gasteiger charge is -2.10. The number of hydrogen-bond donors (Lipinski definition) is 2. The van der Waals surface area contributed by atoms with E-state index in [0.717, 1.165) is 23.3 Å². The fraction of sp³-hybridized carbons (Fsp3) is 0.400. The summed E-state index contributed by atoms with van der Waals surface area (Å²) < 4.78 is 27.0. The van der Waals surface area contributed by atoms with E-state index in [2.05, 4.69) is 15.0 Å². The van der Waals surface area contributed by atoms with Gasteiger partial charge < -0.3 is 5.32 Å². The van der Waals surface area contributed by atoms with Gasteiger partial charge >= 0.3 is 0 Å². The van der Waals surface area contributed by atoms with E-state index in [1.54, 1.807) is 18.2 Å². The van der Waals surface area contributed by atoms with Crippen molar-refractivity contribution in [2.24, 2.45) is 5.92 Å². The van der Waals surface area contributed by atoms with Crippen LogP contribution in [0.1, 0.15) is 20.8 Å². The summed E-state index contributed by atoms with van der Waals surface area (Å²) in [7, 11) is -3.46. The number of nitrogens with one attached hydrogen (secondary N) is 2. The zero-order chi connectivity index (χ0) is 15.5. The van der Waals surface area contributed by atoms with Crippen molar-refractivity contribution in [3.63, 3.8) is 0 Å². The van der Waals surface area contributed by atoms with E-state index in [1.165, 1.54) is 0 Å². The molecular formula is C15H21N3O2S. The summed E-state index contributed by atoms with van der Waals surface area (Å²) in [5.41, 5.74) is 0.774. The fourth-order valence-corrected chi connectivity index (χ4v) is 3.16. The van der Waals surface area contributed by atoms with Crippen LogP contribution in [0.15, 0.2) is 35.2 Å². The van der Waals surface area contributed by atoms with Crippen LogP contribution in [-0.2, 0) is 10.0 Å². The lowest BCUT2D eigenvalue weighted by atomic mass is 10.2. The maximum absolute atomic E-state index is 12.2. The monoisotopic (exact) mass is 307 g/mol. The van der Waals surface area contributed by atoms with Crippen LogP contribution in [0.3, 0.4) is 0 Å². The predicted octanol–water partition coefficient (Wildman–Crippen LogP) is 2.60. The van der Waals surface area contributed by atoms with E-state index in [1.807, 2.05) is 32.9 Å². The van der Waals surface area contributed by atoms with E-state index >= 15 is 0 Å². The van der Waals surface area contributed by atoms with Gasteiger partial charge in [0.05, 0.1) is 10.4 Å². The van der Waals surface area contributed by atoms with Crippen molar-refractivity contribution in [1.82, 2.24) is 9.71 Å². The molecule has 0 amide bonds. The van der Waals surface area contributed by atoms with Gasteiger partial charge in [0.15, 0.2) is 0 Å². The average Bonchev–Trinajstić information content (AvgIpc) is 2.45. The van der Waals surface area contributed by atoms with E-state index < -0.39 is 10.0 Å². The van der Waals surface area contributed by atoms with Gasteiger partial charge in [0.2, 0.25) is 10.0 Å². The van der Waals surface area contributed by atoms with Gasteiger partial charge in [0.1, 0.15) is 5.82 Å². The first kappa shape index (κ1) is 15.7. The summed E-state index contributed by atoms with van der Waals surface area (Å²) >= 11 is 0. The van der Waals surface area contributed by atoms with E-state index in [9.17, 15) is 8.42 Å². The number of hydrogen-bond acceptors (Lipinski definition) is 4. The quantitative estimate of drug-likeness (QED) is 0.860. The Morgan fingerprint density at radius 2 is 1.95 bits per heavy atom. The molecule has 0 saturated heterocycles. The standard InChI is InChI=1S/C15H21N3O2S/c1-4-16-15-8-5-12-9-13(6-7-14(12)18-15)21(19,20)17-10-11(2)3/h5-9,11,17H,4,10H2,1-3H3,(H,16,18). The third-order valence-electron chi connectivity index (χ3n) is 3.01. The lowest BCUT2D eigenvalue weighted by Crippen LogP contribution is -2.27. The molecule has 0 aliphatic heterocycles. The minimum absolute atomic E-state index is 0.268. The van der Waals surface area contributed by atoms with Crippen LogP contribution < -0.4 is 10.0 Å². The maximum Gasteiger partial charge on any atom is 0.240 e. The largest absolute Gasteiger partial charge is 0.370 e. The Morgan fingerprint density at radius 1 is 1.19 bits per heavy atom. The van der Waals surface area contributed by atoms with Gasteiger partial charge in [-0.3, -0.25) is 0 Å². The van der Waals surface area contributed by atoms with Crippen LogP contribution in [-0.4, -0.2) is 26.5 Å². The van der Waals surface area contributed by atoms with E-state index in [-0.39, 0.29) is 10.8 Å². The Balaban J connectivity index is 2.32. The molecule has 0 saturated carbocycles. The Kier molecular flexibility index (Phi) is 4.80. The van der Waals surface area contributed by atoms with Crippen LogP contribution in [0, 0.1) is 5.92 Å². The number of sulfonamides is 1. The van der Waals surface area contributed by atoms with Gasteiger partial charge in [-0.1, -0.05) is 13.8 Å². The average molecular weight is 307 g/mol. The number of benzene rings is 1. The van der Waals surface area contributed by atoms with Gasteiger partial charge in [0.25, 0.3) is 0 Å². The molecule has 114 valence electrons. The molecule has 2 rings (SSSR count). The van der Waals surface area contributed by atoms with E-state index in [4.69, 9.17) is 0 Å². The molecule has 0 aliphatic carbocycles. The highest BCUT2D eigenvalue weighted by Crippen LogP contribution is 2.19. The Morgan fingerprint density at radius 3 is 2.62 bits per heavy atom. The molecule has 0 unspecified atom stereocenters. The summed E-state index contributed by atoms with van der Waals surface area (Å²) in [6.07, 6.45) is 0. The molecule has 0 bridgehead atoms. The molecule has 1 aromatic carbocycles. The summed E-state index contributed by atoms with van der Waals surface area (Å²) in [5.74, 6) is 1.06. The number of nitrogens with zero attached hydrogens (tertiary/aromatic N) is 1. The number of fused-ring (bicyclic) bond motifs is 1. The number of pyridine rings is 1. The molecule has 5 nitrogen and oxygen atoms in total. The molecule has 1 heterocycles. The molecule has 2 N–H and O–H groups in total. The molecule has 1 aromatic heterocycles. The molecule has 0 aliphatic rings. The highest BCUT2D eigenvalue weighted by Gasteiger charge is 2.14. The highest BCUT2D eigenvalue weighted by molar-refractivity contribution is 7.89. The third-order valence-corrected chi connectivity index (χ3v) is 4.43. The summed E-state index contributed by atoms with van der Waals surface area (Å²) in [6, 6.07) is 8.71. The normalized spacial score (nSPS) is 12.0. The zero-order valence-corrected chi connectivity index (χ0v) is 13.4. The first-order chi connectivity index (χ1) is 9.92. The molecule has 2 aromatic rings.